The van der Waals surface area contributed by atoms with Crippen molar-refractivity contribution in [2.24, 2.45) is 0 Å². The van der Waals surface area contributed by atoms with E-state index in [1.807, 2.05) is 6.07 Å². The number of fused-ring (bicyclic) bond motifs is 1. The Bertz CT molecular complexity index is 705. The molecule has 4 rings (SSSR count). The Morgan fingerprint density at radius 3 is 2.56 bits per heavy atom. The maximum atomic E-state index is 6.25. The van der Waals surface area contributed by atoms with Crippen molar-refractivity contribution >= 4 is 23.2 Å². The first-order valence-corrected chi connectivity index (χ1v) is 9.95. The van der Waals surface area contributed by atoms with E-state index in [-0.39, 0.29) is 12.4 Å². The maximum Gasteiger partial charge on any atom is 0.120 e. The first-order valence-electron chi connectivity index (χ1n) is 9.95. The molecule has 148 valence electrons. The second-order valence-corrected chi connectivity index (χ2v) is 7.27. The Morgan fingerprint density at radius 1 is 0.926 bits per heavy atom. The summed E-state index contributed by atoms with van der Waals surface area (Å²) < 4.78 is 17.7. The smallest absolute Gasteiger partial charge is 0.120 e. The van der Waals surface area contributed by atoms with Gasteiger partial charge in [0.25, 0.3) is 0 Å². The molecule has 1 aliphatic carbocycles. The van der Waals surface area contributed by atoms with Gasteiger partial charge in [0, 0.05) is 19.1 Å². The Morgan fingerprint density at radius 2 is 1.70 bits per heavy atom. The molecular weight excluding hydrogens is 362 g/mol. The highest BCUT2D eigenvalue weighted by Gasteiger charge is 2.31. The molecule has 2 fully saturated rings. The van der Waals surface area contributed by atoms with Crippen LogP contribution in [0.15, 0.2) is 42.5 Å². The van der Waals surface area contributed by atoms with Crippen LogP contribution in [0, 0.1) is 0 Å². The van der Waals surface area contributed by atoms with Crippen molar-refractivity contribution in [3.63, 3.8) is 0 Å². The van der Waals surface area contributed by atoms with Crippen molar-refractivity contribution < 1.29 is 14.2 Å². The predicted octanol–water partition coefficient (Wildman–Crippen LogP) is 4.30. The molecule has 2 aliphatic rings. The van der Waals surface area contributed by atoms with E-state index in [1.54, 1.807) is 0 Å². The molecule has 1 aliphatic heterocycles. The molecule has 0 spiro atoms. The molecule has 27 heavy (non-hydrogen) atoms. The average molecular weight is 392 g/mol. The van der Waals surface area contributed by atoms with Crippen molar-refractivity contribution in [1.29, 1.82) is 0 Å². The van der Waals surface area contributed by atoms with Crippen LogP contribution in [0.2, 0.25) is 0 Å². The maximum absolute atomic E-state index is 6.25. The van der Waals surface area contributed by atoms with Gasteiger partial charge in [-0.2, -0.15) is 0 Å². The number of nitrogens with zero attached hydrogens (tertiary/aromatic N) is 1. The van der Waals surface area contributed by atoms with Crippen LogP contribution in [0.4, 0.5) is 0 Å². The summed E-state index contributed by atoms with van der Waals surface area (Å²) in [6.07, 6.45) is 5.34. The Labute approximate surface area is 168 Å². The second kappa shape index (κ2) is 10.3. The van der Waals surface area contributed by atoms with Crippen LogP contribution in [-0.2, 0) is 9.47 Å². The summed E-state index contributed by atoms with van der Waals surface area (Å²) in [5, 5.41) is 2.46. The minimum atomic E-state index is 0. The zero-order valence-electron chi connectivity index (χ0n) is 15.8. The monoisotopic (exact) mass is 391 g/mol. The molecule has 4 nitrogen and oxygen atoms in total. The molecule has 2 aromatic carbocycles. The molecule has 1 saturated carbocycles. The van der Waals surface area contributed by atoms with Gasteiger partial charge in [0.2, 0.25) is 0 Å². The number of benzene rings is 2. The van der Waals surface area contributed by atoms with Crippen molar-refractivity contribution in [2.75, 3.05) is 39.5 Å². The standard InChI is InChI=1S/C22H29NO3.ClH/c1-2-6-19-17-20(10-9-18(19)5-1)25-15-16-26-22-8-4-3-7-21(22)23-11-13-24-14-12-23;/h1-2,5-6,9-10,17,21-22H,3-4,7-8,11-16H2;1H/t21-,22-;/m0./s1. The SMILES string of the molecule is Cl.c1ccc2cc(OCCO[C@H]3CCCC[C@@H]3N3CCOCC3)ccc2c1. The summed E-state index contributed by atoms with van der Waals surface area (Å²) in [5.41, 5.74) is 0. The third-order valence-corrected chi connectivity index (χ3v) is 5.59. The minimum absolute atomic E-state index is 0. The van der Waals surface area contributed by atoms with Crippen LogP contribution in [0.5, 0.6) is 5.75 Å². The number of rotatable bonds is 6. The lowest BCUT2D eigenvalue weighted by Gasteiger charge is -2.41. The molecule has 1 heterocycles. The molecule has 2 atom stereocenters. The number of ether oxygens (including phenoxy) is 3. The van der Waals surface area contributed by atoms with Gasteiger partial charge in [-0.3, -0.25) is 4.90 Å². The molecule has 5 heteroatoms. The fourth-order valence-electron chi connectivity index (χ4n) is 4.21. The summed E-state index contributed by atoms with van der Waals surface area (Å²) >= 11 is 0. The normalized spacial score (nSPS) is 23.7. The van der Waals surface area contributed by atoms with E-state index < -0.39 is 0 Å². The molecule has 2 aromatic rings. The Hall–Kier alpha value is -1.33. The van der Waals surface area contributed by atoms with Crippen LogP contribution in [0.3, 0.4) is 0 Å². The zero-order chi connectivity index (χ0) is 17.6. The first-order chi connectivity index (χ1) is 12.9. The number of hydrogen-bond donors (Lipinski definition) is 0. The largest absolute Gasteiger partial charge is 0.491 e. The lowest BCUT2D eigenvalue weighted by molar-refractivity contribution is -0.0698. The fourth-order valence-corrected chi connectivity index (χ4v) is 4.21. The third-order valence-electron chi connectivity index (χ3n) is 5.59. The molecule has 0 N–H and O–H groups in total. The molecule has 0 radical (unpaired) electrons. The number of hydrogen-bond acceptors (Lipinski definition) is 4. The van der Waals surface area contributed by atoms with Crippen LogP contribution in [-0.4, -0.2) is 56.6 Å². The van der Waals surface area contributed by atoms with Crippen LogP contribution in [0.1, 0.15) is 25.7 Å². The van der Waals surface area contributed by atoms with Crippen LogP contribution < -0.4 is 4.74 Å². The topological polar surface area (TPSA) is 30.9 Å². The second-order valence-electron chi connectivity index (χ2n) is 7.27. The van der Waals surface area contributed by atoms with E-state index in [4.69, 9.17) is 14.2 Å². The summed E-state index contributed by atoms with van der Waals surface area (Å²) in [7, 11) is 0. The number of morpholine rings is 1. The van der Waals surface area contributed by atoms with Gasteiger partial charge in [-0.05, 0) is 35.7 Å². The molecule has 1 saturated heterocycles. The zero-order valence-corrected chi connectivity index (χ0v) is 16.7. The Balaban J connectivity index is 0.00000210. The van der Waals surface area contributed by atoms with E-state index in [9.17, 15) is 0 Å². The lowest BCUT2D eigenvalue weighted by atomic mass is 9.91. The third kappa shape index (κ3) is 5.35. The molecule has 0 aromatic heterocycles. The Kier molecular flexibility index (Phi) is 7.77. The quantitative estimate of drug-likeness (QED) is 0.687. The van der Waals surface area contributed by atoms with Crippen LogP contribution in [0.25, 0.3) is 10.8 Å². The molecular formula is C22H30ClNO3. The van der Waals surface area contributed by atoms with Gasteiger partial charge in [-0.15, -0.1) is 12.4 Å². The van der Waals surface area contributed by atoms with Crippen LogP contribution >= 0.6 is 12.4 Å². The summed E-state index contributed by atoms with van der Waals surface area (Å²) in [6, 6.07) is 15.2. The van der Waals surface area contributed by atoms with E-state index in [0.717, 1.165) is 38.5 Å². The highest BCUT2D eigenvalue weighted by atomic mass is 35.5. The van der Waals surface area contributed by atoms with Crippen molar-refractivity contribution in [1.82, 2.24) is 4.90 Å². The van der Waals surface area contributed by atoms with Gasteiger partial charge in [0.15, 0.2) is 0 Å². The lowest BCUT2D eigenvalue weighted by Crippen LogP contribution is -2.51. The molecule has 0 bridgehead atoms. The van der Waals surface area contributed by atoms with Gasteiger partial charge in [0.05, 0.1) is 25.9 Å². The van der Waals surface area contributed by atoms with Crippen molar-refractivity contribution in [3.05, 3.63) is 42.5 Å². The predicted molar refractivity (Wildman–Crippen MR) is 111 cm³/mol. The van der Waals surface area contributed by atoms with E-state index in [2.05, 4.69) is 41.3 Å². The molecule has 0 amide bonds. The van der Waals surface area contributed by atoms with Gasteiger partial charge in [-0.1, -0.05) is 43.2 Å². The first kappa shape index (κ1) is 20.4. The van der Waals surface area contributed by atoms with Gasteiger partial charge < -0.3 is 14.2 Å². The fraction of sp³-hybridized carbons (Fsp3) is 0.545. The van der Waals surface area contributed by atoms with Crippen molar-refractivity contribution in [3.8, 4) is 5.75 Å². The van der Waals surface area contributed by atoms with Gasteiger partial charge in [-0.25, -0.2) is 0 Å². The van der Waals surface area contributed by atoms with E-state index in [1.165, 1.54) is 30.0 Å². The summed E-state index contributed by atoms with van der Waals surface area (Å²) in [4.78, 5) is 2.57. The average Bonchev–Trinajstić information content (AvgIpc) is 2.72. The minimum Gasteiger partial charge on any atom is -0.491 e. The van der Waals surface area contributed by atoms with E-state index >= 15 is 0 Å². The van der Waals surface area contributed by atoms with Crippen molar-refractivity contribution in [2.45, 2.75) is 37.8 Å². The number of halogens is 1. The van der Waals surface area contributed by atoms with Gasteiger partial charge in [0.1, 0.15) is 12.4 Å². The highest BCUT2D eigenvalue weighted by Crippen LogP contribution is 2.26. The highest BCUT2D eigenvalue weighted by molar-refractivity contribution is 5.85. The van der Waals surface area contributed by atoms with E-state index in [0.29, 0.717) is 25.4 Å². The van der Waals surface area contributed by atoms with Gasteiger partial charge >= 0.3 is 0 Å². The summed E-state index contributed by atoms with van der Waals surface area (Å²) in [5.74, 6) is 0.917. The molecule has 0 unspecified atom stereocenters. The summed E-state index contributed by atoms with van der Waals surface area (Å²) in [6.45, 7) is 5.04.